The lowest BCUT2D eigenvalue weighted by atomic mass is 10.1. The number of phosphoric acid groups is 4. The molecular formula is C26H28N6O19P4. The molecule has 6 rings (SSSR count). The van der Waals surface area contributed by atoms with Crippen molar-refractivity contribution in [2.75, 3.05) is 33.7 Å². The van der Waals surface area contributed by atoms with Gasteiger partial charge in [0, 0.05) is 33.8 Å². The van der Waals surface area contributed by atoms with Crippen LogP contribution in [0.2, 0.25) is 0 Å². The van der Waals surface area contributed by atoms with Crippen molar-refractivity contribution in [3.8, 4) is 17.2 Å². The molecule has 2 aromatic heterocycles. The lowest BCUT2D eigenvalue weighted by molar-refractivity contribution is -0.0431. The van der Waals surface area contributed by atoms with Gasteiger partial charge in [0.25, 0.3) is 0 Å². The highest BCUT2D eigenvalue weighted by Gasteiger charge is 2.49. The number of nitrogen functional groups attached to an aromatic ring is 1. The second-order valence-corrected chi connectivity index (χ2v) is 18.1. The van der Waals surface area contributed by atoms with Crippen molar-refractivity contribution in [2.45, 2.75) is 24.9 Å². The van der Waals surface area contributed by atoms with Gasteiger partial charge in [-0.3, -0.25) is 27.5 Å². The van der Waals surface area contributed by atoms with Crippen LogP contribution in [-0.2, 0) is 54.0 Å². The number of carboxylic acid groups (broad SMARTS) is 1. The Morgan fingerprint density at radius 3 is 2.38 bits per heavy atom. The van der Waals surface area contributed by atoms with E-state index in [-0.39, 0.29) is 34.5 Å². The van der Waals surface area contributed by atoms with Crippen LogP contribution in [0.25, 0.3) is 33.7 Å². The average Bonchev–Trinajstić information content (AvgIpc) is 3.73. The minimum absolute atomic E-state index is 0.0235. The third-order valence-electron chi connectivity index (χ3n) is 7.49. The van der Waals surface area contributed by atoms with Gasteiger partial charge >= 0.3 is 37.3 Å². The molecule has 0 radical (unpaired) electrons. The molecule has 55 heavy (non-hydrogen) atoms. The number of aliphatic hydroxyl groups is 1. The number of imidazole rings is 1. The minimum atomic E-state index is -5.90. The average molecular weight is 852 g/mol. The fraction of sp³-hybridized carbons (Fsp3) is 0.308. The van der Waals surface area contributed by atoms with Crippen LogP contribution in [-0.4, -0.2) is 85.7 Å². The third-order valence-corrected chi connectivity index (χ3v) is 14.6. The van der Waals surface area contributed by atoms with Crippen molar-refractivity contribution in [2.24, 2.45) is 0 Å². The summed E-state index contributed by atoms with van der Waals surface area (Å²) in [5.41, 5.74) is 4.75. The van der Waals surface area contributed by atoms with Crippen molar-refractivity contribution in [3.63, 3.8) is 0 Å². The molecule has 1 saturated heterocycles. The normalized spacial score (nSPS) is 21.9. The number of nitrogens with zero attached hydrogens (tertiary/aromatic N) is 5. The molecule has 4 heterocycles. The first-order chi connectivity index (χ1) is 25.9. The standard InChI is InChI=1S/C26H28N6O19P4/c1-42-53(39,45-10-19-17(34)9-20(46-19)32-12-30-22-24(27)28-11-29-25(22)32)51-55(41,44-3)50-52(37,38)49-54(40,43-2)48-13-4-5-14-18(8-13)47-23-15(31-14)6-7-16(33)21(23)26(35)36/h4-8,11-12,17,19-20,34H,9-10H2,1-3H3,(H,35,36)(H,37,38)(H2,27,28,29)/t17?,19-,20-,53?,54?,55?/m1/s1. The molecule has 0 amide bonds. The summed E-state index contributed by atoms with van der Waals surface area (Å²) < 4.78 is 104. The smallest absolute Gasteiger partial charge is 0.477 e. The Morgan fingerprint density at radius 1 is 0.982 bits per heavy atom. The molecule has 0 spiro atoms. The van der Waals surface area contributed by atoms with Gasteiger partial charge in [0.1, 0.15) is 41.1 Å². The van der Waals surface area contributed by atoms with E-state index >= 15 is 0 Å². The number of phosphoric ester groups is 2. The summed E-state index contributed by atoms with van der Waals surface area (Å²) in [6, 6.07) is 5.64. The Labute approximate surface area is 307 Å². The van der Waals surface area contributed by atoms with E-state index < -0.39 is 84.8 Å². The maximum atomic E-state index is 13.3. The van der Waals surface area contributed by atoms with E-state index in [1.807, 2.05) is 0 Å². The highest BCUT2D eigenvalue weighted by atomic mass is 31.3. The molecule has 2 aliphatic heterocycles. The number of hydrogen-bond donors (Lipinski definition) is 4. The van der Waals surface area contributed by atoms with Crippen LogP contribution >= 0.6 is 31.3 Å². The van der Waals surface area contributed by atoms with Gasteiger partial charge in [0.05, 0.1) is 19.0 Å². The van der Waals surface area contributed by atoms with Gasteiger partial charge in [-0.1, -0.05) is 0 Å². The SMILES string of the molecule is COP(=O)(Oc1ccc2nc3ccc(=O)c(C(=O)O)c-3oc2c1)OP(=O)(O)OP(=O)(OC)OP(=O)(OC)OC[C@H]1O[C@@H](n2cnc3c(N)ncnc32)CC1O. The third kappa shape index (κ3) is 8.70. The number of aliphatic hydroxyl groups excluding tert-OH is 1. The molecule has 1 fully saturated rings. The highest BCUT2D eigenvalue weighted by molar-refractivity contribution is 7.70. The molecular weight excluding hydrogens is 824 g/mol. The van der Waals surface area contributed by atoms with Crippen LogP contribution in [0.3, 0.4) is 0 Å². The molecule has 29 heteroatoms. The summed E-state index contributed by atoms with van der Waals surface area (Å²) in [5.74, 6) is -2.31. The lowest BCUT2D eigenvalue weighted by Gasteiger charge is -2.24. The van der Waals surface area contributed by atoms with Gasteiger partial charge in [0.15, 0.2) is 33.8 Å². The first kappa shape index (κ1) is 40.6. The second-order valence-electron chi connectivity index (χ2n) is 10.9. The molecule has 7 atom stereocenters. The second kappa shape index (κ2) is 15.5. The Bertz CT molecular complexity index is 2500. The summed E-state index contributed by atoms with van der Waals surface area (Å²) in [6.45, 7) is -0.727. The summed E-state index contributed by atoms with van der Waals surface area (Å²) >= 11 is 0. The highest BCUT2D eigenvalue weighted by Crippen LogP contribution is 2.74. The zero-order valence-electron chi connectivity index (χ0n) is 28.2. The van der Waals surface area contributed by atoms with Crippen LogP contribution in [0.4, 0.5) is 5.82 Å². The number of anilines is 1. The van der Waals surface area contributed by atoms with Gasteiger partial charge in [-0.15, -0.1) is 0 Å². The Balaban J connectivity index is 1.13. The van der Waals surface area contributed by atoms with E-state index in [0.717, 1.165) is 32.4 Å². The van der Waals surface area contributed by atoms with E-state index in [1.54, 1.807) is 0 Å². The molecule has 296 valence electrons. The number of carbonyl (C=O) groups is 1. The van der Waals surface area contributed by atoms with Gasteiger partial charge in [-0.05, 0) is 24.3 Å². The van der Waals surface area contributed by atoms with E-state index in [9.17, 15) is 43.0 Å². The number of ether oxygens (including phenoxy) is 1. The summed E-state index contributed by atoms with van der Waals surface area (Å²) in [5, 5.41) is 20.1. The topological polar surface area (TPSA) is 342 Å². The Morgan fingerprint density at radius 2 is 1.69 bits per heavy atom. The van der Waals surface area contributed by atoms with E-state index in [4.69, 9.17) is 32.8 Å². The van der Waals surface area contributed by atoms with Gasteiger partial charge < -0.3 is 34.5 Å². The summed E-state index contributed by atoms with van der Waals surface area (Å²) in [4.78, 5) is 50.5. The lowest BCUT2D eigenvalue weighted by Crippen LogP contribution is -2.26. The van der Waals surface area contributed by atoms with Crippen molar-refractivity contribution in [1.82, 2.24) is 24.5 Å². The molecule has 0 bridgehead atoms. The largest absolute Gasteiger partial charge is 0.538 e. The molecule has 1 aromatic carbocycles. The molecule has 3 aromatic rings. The number of hydrogen-bond acceptors (Lipinski definition) is 22. The predicted octanol–water partition coefficient (Wildman–Crippen LogP) is 3.87. The first-order valence-electron chi connectivity index (χ1n) is 15.1. The van der Waals surface area contributed by atoms with Crippen molar-refractivity contribution >= 4 is 65.3 Å². The van der Waals surface area contributed by atoms with E-state index in [0.29, 0.717) is 12.8 Å². The fourth-order valence-electron chi connectivity index (χ4n) is 4.99. The molecule has 25 nitrogen and oxygen atoms in total. The van der Waals surface area contributed by atoms with E-state index in [2.05, 4.69) is 37.6 Å². The number of aromatic nitrogens is 5. The maximum absolute atomic E-state index is 13.3. The number of carboxylic acids is 1. The van der Waals surface area contributed by atoms with Gasteiger partial charge in [0.2, 0.25) is 0 Å². The predicted molar refractivity (Wildman–Crippen MR) is 182 cm³/mol. The number of benzene rings is 2. The number of nitrogens with two attached hydrogens (primary N) is 1. The van der Waals surface area contributed by atoms with E-state index in [1.165, 1.54) is 29.4 Å². The summed E-state index contributed by atoms with van der Waals surface area (Å²) in [6.07, 6.45) is -0.748. The molecule has 5 unspecified atom stereocenters. The molecule has 1 aliphatic carbocycles. The number of rotatable bonds is 16. The van der Waals surface area contributed by atoms with Crippen molar-refractivity contribution < 1.29 is 82.9 Å². The van der Waals surface area contributed by atoms with Gasteiger partial charge in [-0.2, -0.15) is 12.9 Å². The van der Waals surface area contributed by atoms with Crippen LogP contribution in [0.1, 0.15) is 23.0 Å². The van der Waals surface area contributed by atoms with Crippen LogP contribution in [0.15, 0.2) is 52.2 Å². The Kier molecular flexibility index (Phi) is 11.4. The van der Waals surface area contributed by atoms with Crippen LogP contribution in [0, 0.1) is 0 Å². The van der Waals surface area contributed by atoms with Crippen LogP contribution < -0.4 is 15.7 Å². The molecule has 3 aliphatic rings. The molecule has 5 N–H and O–H groups in total. The maximum Gasteiger partial charge on any atom is 0.538 e. The summed E-state index contributed by atoms with van der Waals surface area (Å²) in [7, 11) is -19.5. The van der Waals surface area contributed by atoms with Crippen molar-refractivity contribution in [3.05, 3.63) is 58.8 Å². The van der Waals surface area contributed by atoms with Crippen LogP contribution in [0.5, 0.6) is 5.75 Å². The van der Waals surface area contributed by atoms with Gasteiger partial charge in [-0.25, -0.2) is 43.0 Å². The number of aromatic carboxylic acids is 1. The number of fused-ring (bicyclic) bond motifs is 3. The molecule has 0 saturated carbocycles. The monoisotopic (exact) mass is 852 g/mol. The minimum Gasteiger partial charge on any atom is -0.477 e. The zero-order chi connectivity index (χ0) is 39.9. The quantitative estimate of drug-likeness (QED) is 0.0808. The first-order valence-corrected chi connectivity index (χ1v) is 20.9. The Hall–Kier alpha value is -4.02. The van der Waals surface area contributed by atoms with Crippen molar-refractivity contribution in [1.29, 1.82) is 0 Å². The zero-order valence-corrected chi connectivity index (χ0v) is 31.7. The fourth-order valence-corrected chi connectivity index (χ4v) is 11.0.